The van der Waals surface area contributed by atoms with Gasteiger partial charge in [0.05, 0.1) is 11.6 Å². The second-order valence-electron chi connectivity index (χ2n) is 4.53. The molecule has 102 valence electrons. The van der Waals surface area contributed by atoms with Crippen molar-refractivity contribution in [1.82, 2.24) is 4.98 Å². The number of fused-ring (bicyclic) bond motifs is 1. The van der Waals surface area contributed by atoms with Crippen molar-refractivity contribution < 1.29 is 9.18 Å². The van der Waals surface area contributed by atoms with Crippen LogP contribution in [0.15, 0.2) is 42.6 Å². The van der Waals surface area contributed by atoms with E-state index in [4.69, 9.17) is 5.26 Å². The molecule has 1 aromatic heterocycles. The molecule has 3 rings (SSSR count). The molecular weight excluding hydrogens is 382 g/mol. The number of benzene rings is 2. The van der Waals surface area contributed by atoms with Crippen LogP contribution < -0.4 is 0 Å². The minimum Gasteiger partial charge on any atom is -0.360 e. The van der Waals surface area contributed by atoms with E-state index in [0.29, 0.717) is 25.6 Å². The van der Waals surface area contributed by atoms with Gasteiger partial charge in [0, 0.05) is 31.8 Å². The van der Waals surface area contributed by atoms with Crippen LogP contribution in [0.1, 0.15) is 21.5 Å². The van der Waals surface area contributed by atoms with Crippen LogP contribution >= 0.6 is 22.6 Å². The summed E-state index contributed by atoms with van der Waals surface area (Å²) in [4.78, 5) is 15.6. The highest BCUT2D eigenvalue weighted by molar-refractivity contribution is 14.1. The smallest absolute Gasteiger partial charge is 0.196 e. The Morgan fingerprint density at radius 2 is 2.00 bits per heavy atom. The van der Waals surface area contributed by atoms with E-state index < -0.39 is 0 Å². The Balaban J connectivity index is 2.16. The first-order valence-electron chi connectivity index (χ1n) is 6.11. The van der Waals surface area contributed by atoms with E-state index in [2.05, 4.69) is 11.1 Å². The van der Waals surface area contributed by atoms with Gasteiger partial charge in [0.2, 0.25) is 0 Å². The number of rotatable bonds is 2. The second kappa shape index (κ2) is 5.30. The van der Waals surface area contributed by atoms with Gasteiger partial charge in [-0.1, -0.05) is 0 Å². The average molecular weight is 390 g/mol. The van der Waals surface area contributed by atoms with E-state index in [1.807, 2.05) is 22.6 Å². The predicted octanol–water partition coefficient (Wildman–Crippen LogP) is 4.01. The van der Waals surface area contributed by atoms with Crippen molar-refractivity contribution in [2.24, 2.45) is 0 Å². The number of halogens is 2. The Hall–Kier alpha value is -2.20. The molecule has 3 nitrogen and oxygen atoms in total. The molecule has 0 saturated heterocycles. The fourth-order valence-corrected chi connectivity index (χ4v) is 2.92. The molecule has 0 spiro atoms. The molecule has 0 atom stereocenters. The lowest BCUT2D eigenvalue weighted by Crippen LogP contribution is -2.03. The summed E-state index contributed by atoms with van der Waals surface area (Å²) in [5.74, 6) is -0.567. The van der Waals surface area contributed by atoms with Crippen LogP contribution in [0.25, 0.3) is 10.9 Å². The molecule has 0 saturated carbocycles. The molecule has 0 aliphatic heterocycles. The molecule has 0 unspecified atom stereocenters. The van der Waals surface area contributed by atoms with Crippen LogP contribution in [0.2, 0.25) is 0 Å². The number of hydrogen-bond donors (Lipinski definition) is 1. The summed E-state index contributed by atoms with van der Waals surface area (Å²) < 4.78 is 13.7. The molecule has 21 heavy (non-hydrogen) atoms. The van der Waals surface area contributed by atoms with Gasteiger partial charge in [-0.3, -0.25) is 4.79 Å². The molecule has 0 bridgehead atoms. The minimum atomic E-state index is -0.373. The number of aromatic nitrogens is 1. The van der Waals surface area contributed by atoms with Gasteiger partial charge in [0.1, 0.15) is 5.82 Å². The Morgan fingerprint density at radius 3 is 2.71 bits per heavy atom. The summed E-state index contributed by atoms with van der Waals surface area (Å²) in [6, 6.07) is 11.3. The summed E-state index contributed by atoms with van der Waals surface area (Å²) in [6.07, 6.45) is 1.62. The molecule has 3 aromatic rings. The third-order valence-corrected chi connectivity index (χ3v) is 4.12. The van der Waals surface area contributed by atoms with Crippen molar-refractivity contribution in [3.05, 3.63) is 68.7 Å². The monoisotopic (exact) mass is 390 g/mol. The number of carbonyl (C=O) groups excluding carboxylic acids is 1. The van der Waals surface area contributed by atoms with E-state index >= 15 is 0 Å². The molecule has 0 fully saturated rings. The summed E-state index contributed by atoms with van der Waals surface area (Å²) in [5, 5.41) is 9.66. The van der Waals surface area contributed by atoms with Crippen LogP contribution in [0.5, 0.6) is 0 Å². The molecule has 0 aliphatic rings. The number of nitrogens with zero attached hydrogens (tertiary/aromatic N) is 1. The molecule has 1 heterocycles. The molecule has 1 N–H and O–H groups in total. The number of carbonyl (C=O) groups is 1. The van der Waals surface area contributed by atoms with Crippen molar-refractivity contribution in [2.45, 2.75) is 0 Å². The fourth-order valence-electron chi connectivity index (χ4n) is 2.20. The first kappa shape index (κ1) is 13.8. The van der Waals surface area contributed by atoms with Crippen LogP contribution in [-0.2, 0) is 0 Å². The van der Waals surface area contributed by atoms with Gasteiger partial charge in [0.15, 0.2) is 5.78 Å². The maximum atomic E-state index is 13.1. The lowest BCUT2D eigenvalue weighted by atomic mass is 10.0. The van der Waals surface area contributed by atoms with Crippen molar-refractivity contribution in [3.63, 3.8) is 0 Å². The van der Waals surface area contributed by atoms with E-state index in [1.165, 1.54) is 18.2 Å². The molecular formula is C16H8FIN2O. The van der Waals surface area contributed by atoms with Gasteiger partial charge < -0.3 is 4.98 Å². The molecule has 0 radical (unpaired) electrons. The van der Waals surface area contributed by atoms with Gasteiger partial charge in [-0.05, 0) is 59.0 Å². The lowest BCUT2D eigenvalue weighted by Gasteiger charge is -2.03. The number of aromatic amines is 1. The number of H-pyrrole nitrogens is 1. The minimum absolute atomic E-state index is 0.194. The highest BCUT2D eigenvalue weighted by Crippen LogP contribution is 2.24. The van der Waals surface area contributed by atoms with Gasteiger partial charge in [0.25, 0.3) is 0 Å². The normalized spacial score (nSPS) is 10.5. The van der Waals surface area contributed by atoms with E-state index in [0.717, 1.165) is 5.52 Å². The average Bonchev–Trinajstić information content (AvgIpc) is 2.89. The topological polar surface area (TPSA) is 56.6 Å². The van der Waals surface area contributed by atoms with Crippen LogP contribution in [0.4, 0.5) is 4.39 Å². The number of ketones is 1. The summed E-state index contributed by atoms with van der Waals surface area (Å²) in [6.45, 7) is 0. The van der Waals surface area contributed by atoms with Crippen molar-refractivity contribution in [3.8, 4) is 6.07 Å². The van der Waals surface area contributed by atoms with Gasteiger partial charge in [-0.15, -0.1) is 0 Å². The Morgan fingerprint density at radius 1 is 1.19 bits per heavy atom. The zero-order chi connectivity index (χ0) is 15.0. The summed E-state index contributed by atoms with van der Waals surface area (Å²) >= 11 is 1.94. The molecule has 0 aliphatic carbocycles. The molecule has 2 aromatic carbocycles. The third-order valence-electron chi connectivity index (χ3n) is 3.23. The Bertz CT molecular complexity index is 908. The van der Waals surface area contributed by atoms with Gasteiger partial charge in [-0.2, -0.15) is 5.26 Å². The maximum absolute atomic E-state index is 13.1. The first-order chi connectivity index (χ1) is 10.1. The zero-order valence-electron chi connectivity index (χ0n) is 10.7. The third kappa shape index (κ3) is 2.43. The van der Waals surface area contributed by atoms with Crippen molar-refractivity contribution in [2.75, 3.05) is 0 Å². The van der Waals surface area contributed by atoms with Crippen molar-refractivity contribution in [1.29, 1.82) is 5.26 Å². The van der Waals surface area contributed by atoms with Crippen molar-refractivity contribution >= 4 is 39.3 Å². The lowest BCUT2D eigenvalue weighted by molar-refractivity contribution is 0.103. The van der Waals surface area contributed by atoms with Crippen LogP contribution in [0, 0.1) is 20.7 Å². The standard InChI is InChI=1S/C16H8FIN2O/c17-10-2-3-11(14(18)6-10)16(21)13-8-20-15-4-1-9(7-19)5-12(13)15/h1-6,8,20H. The number of hydrogen-bond acceptors (Lipinski definition) is 2. The Kier molecular flexibility index (Phi) is 3.47. The summed E-state index contributed by atoms with van der Waals surface area (Å²) in [5.41, 5.74) is 2.20. The van der Waals surface area contributed by atoms with Crippen LogP contribution in [0.3, 0.4) is 0 Å². The quantitative estimate of drug-likeness (QED) is 0.531. The second-order valence-corrected chi connectivity index (χ2v) is 5.69. The number of nitrogens with one attached hydrogen (secondary N) is 1. The maximum Gasteiger partial charge on any atom is 0.196 e. The summed E-state index contributed by atoms with van der Waals surface area (Å²) in [7, 11) is 0. The highest BCUT2D eigenvalue weighted by Gasteiger charge is 2.17. The first-order valence-corrected chi connectivity index (χ1v) is 7.19. The van der Waals surface area contributed by atoms with E-state index in [-0.39, 0.29) is 11.6 Å². The van der Waals surface area contributed by atoms with Gasteiger partial charge >= 0.3 is 0 Å². The van der Waals surface area contributed by atoms with E-state index in [1.54, 1.807) is 24.4 Å². The number of nitriles is 1. The molecule has 0 amide bonds. The SMILES string of the molecule is N#Cc1ccc2[nH]cc(C(=O)c3ccc(F)cc3I)c2c1. The Labute approximate surface area is 133 Å². The zero-order valence-corrected chi connectivity index (χ0v) is 12.8. The van der Waals surface area contributed by atoms with Gasteiger partial charge in [-0.25, -0.2) is 4.39 Å². The highest BCUT2D eigenvalue weighted by atomic mass is 127. The van der Waals surface area contributed by atoms with Crippen LogP contribution in [-0.4, -0.2) is 10.8 Å². The molecule has 5 heteroatoms. The van der Waals surface area contributed by atoms with E-state index in [9.17, 15) is 9.18 Å². The predicted molar refractivity (Wildman–Crippen MR) is 85.6 cm³/mol. The fraction of sp³-hybridized carbons (Fsp3) is 0. The largest absolute Gasteiger partial charge is 0.360 e.